The minimum Gasteiger partial charge on any atom is -0.383 e. The van der Waals surface area contributed by atoms with Crippen molar-refractivity contribution in [1.29, 1.82) is 0 Å². The van der Waals surface area contributed by atoms with Gasteiger partial charge in [0, 0.05) is 19.7 Å². The molecule has 5 heteroatoms. The summed E-state index contributed by atoms with van der Waals surface area (Å²) in [5.74, 6) is 0.271. The third-order valence-corrected chi connectivity index (χ3v) is 3.30. The van der Waals surface area contributed by atoms with Gasteiger partial charge in [0.1, 0.15) is 0 Å². The first-order chi connectivity index (χ1) is 8.50. The summed E-state index contributed by atoms with van der Waals surface area (Å²) in [6, 6.07) is 5.74. The molecule has 1 fully saturated rings. The van der Waals surface area contributed by atoms with Crippen LogP contribution in [0, 0.1) is 0 Å². The first-order valence-electron chi connectivity index (χ1n) is 5.90. The number of benzene rings is 1. The van der Waals surface area contributed by atoms with Gasteiger partial charge in [0.05, 0.1) is 12.2 Å². The molecule has 0 aliphatic carbocycles. The van der Waals surface area contributed by atoms with E-state index < -0.39 is 11.7 Å². The number of alkyl halides is 3. The lowest BCUT2D eigenvalue weighted by Gasteiger charge is -2.12. The summed E-state index contributed by atoms with van der Waals surface area (Å²) in [5.41, 5.74) is 0.361. The van der Waals surface area contributed by atoms with Crippen molar-refractivity contribution in [3.8, 4) is 0 Å². The molecule has 100 valence electrons. The lowest BCUT2D eigenvalue weighted by Crippen LogP contribution is -2.25. The molecular formula is C13H16F3NO. The van der Waals surface area contributed by atoms with Crippen LogP contribution in [0.25, 0.3) is 0 Å². The second kappa shape index (κ2) is 5.28. The molecule has 0 spiro atoms. The second-order valence-electron chi connectivity index (χ2n) is 4.61. The van der Waals surface area contributed by atoms with Crippen molar-refractivity contribution in [3.05, 3.63) is 35.4 Å². The van der Waals surface area contributed by atoms with E-state index in [-0.39, 0.29) is 5.92 Å². The van der Waals surface area contributed by atoms with Gasteiger partial charge in [-0.25, -0.2) is 0 Å². The average molecular weight is 259 g/mol. The summed E-state index contributed by atoms with van der Waals surface area (Å²) in [6.07, 6.45) is -3.36. The van der Waals surface area contributed by atoms with Gasteiger partial charge in [0.15, 0.2) is 0 Å². The van der Waals surface area contributed by atoms with Crippen LogP contribution in [0.2, 0.25) is 0 Å². The van der Waals surface area contributed by atoms with Crippen LogP contribution in [0.1, 0.15) is 23.5 Å². The third kappa shape index (κ3) is 3.03. The molecule has 1 aromatic rings. The number of halogens is 3. The Hall–Kier alpha value is -1.07. The SMILES string of the molecule is COC[C@H]1CC(c2ccc(C(F)(F)F)cc2)CN1. The second-order valence-corrected chi connectivity index (χ2v) is 4.61. The average Bonchev–Trinajstić information content (AvgIpc) is 2.77. The number of hydrogen-bond acceptors (Lipinski definition) is 2. The highest BCUT2D eigenvalue weighted by Crippen LogP contribution is 2.32. The van der Waals surface area contributed by atoms with Crippen LogP contribution >= 0.6 is 0 Å². The Bertz CT molecular complexity index is 388. The Kier molecular flexibility index (Phi) is 3.92. The van der Waals surface area contributed by atoms with E-state index in [9.17, 15) is 13.2 Å². The molecule has 0 amide bonds. The van der Waals surface area contributed by atoms with Gasteiger partial charge in [0.25, 0.3) is 0 Å². The van der Waals surface area contributed by atoms with Gasteiger partial charge in [-0.1, -0.05) is 12.1 Å². The Labute approximate surface area is 104 Å². The van der Waals surface area contributed by atoms with Crippen LogP contribution in [0.4, 0.5) is 13.2 Å². The van der Waals surface area contributed by atoms with Gasteiger partial charge in [0.2, 0.25) is 0 Å². The fourth-order valence-corrected chi connectivity index (χ4v) is 2.35. The Morgan fingerprint density at radius 2 is 1.94 bits per heavy atom. The molecular weight excluding hydrogens is 243 g/mol. The van der Waals surface area contributed by atoms with Gasteiger partial charge >= 0.3 is 6.18 Å². The molecule has 1 aromatic carbocycles. The van der Waals surface area contributed by atoms with Crippen LogP contribution in [-0.4, -0.2) is 26.3 Å². The highest BCUT2D eigenvalue weighted by atomic mass is 19.4. The maximum Gasteiger partial charge on any atom is 0.416 e. The number of methoxy groups -OCH3 is 1. The lowest BCUT2D eigenvalue weighted by molar-refractivity contribution is -0.137. The van der Waals surface area contributed by atoms with Crippen LogP contribution in [-0.2, 0) is 10.9 Å². The maximum atomic E-state index is 12.4. The van der Waals surface area contributed by atoms with E-state index in [2.05, 4.69) is 5.32 Å². The Balaban J connectivity index is 2.03. The molecule has 2 rings (SSSR count). The molecule has 0 bridgehead atoms. The monoisotopic (exact) mass is 259 g/mol. The van der Waals surface area contributed by atoms with Crippen molar-refractivity contribution in [3.63, 3.8) is 0 Å². The molecule has 18 heavy (non-hydrogen) atoms. The molecule has 0 saturated carbocycles. The van der Waals surface area contributed by atoms with Gasteiger partial charge in [-0.2, -0.15) is 13.2 Å². The quantitative estimate of drug-likeness (QED) is 0.901. The summed E-state index contributed by atoms with van der Waals surface area (Å²) in [5, 5.41) is 3.30. The highest BCUT2D eigenvalue weighted by molar-refractivity contribution is 5.28. The zero-order chi connectivity index (χ0) is 13.2. The van der Waals surface area contributed by atoms with Crippen LogP contribution in [0.15, 0.2) is 24.3 Å². The highest BCUT2D eigenvalue weighted by Gasteiger charge is 2.31. The summed E-state index contributed by atoms with van der Waals surface area (Å²) >= 11 is 0. The molecule has 0 aromatic heterocycles. The molecule has 1 aliphatic heterocycles. The number of ether oxygens (including phenoxy) is 1. The van der Waals surface area contributed by atoms with Crippen LogP contribution in [0.5, 0.6) is 0 Å². The van der Waals surface area contributed by atoms with E-state index in [1.54, 1.807) is 19.2 Å². The molecule has 2 nitrogen and oxygen atoms in total. The topological polar surface area (TPSA) is 21.3 Å². The largest absolute Gasteiger partial charge is 0.416 e. The van der Waals surface area contributed by atoms with E-state index >= 15 is 0 Å². The van der Waals surface area contributed by atoms with E-state index in [1.165, 1.54) is 0 Å². The van der Waals surface area contributed by atoms with Crippen molar-refractivity contribution in [2.75, 3.05) is 20.3 Å². The van der Waals surface area contributed by atoms with Crippen molar-refractivity contribution in [2.24, 2.45) is 0 Å². The summed E-state index contributed by atoms with van der Waals surface area (Å²) < 4.78 is 42.4. The molecule has 1 aliphatic rings. The number of hydrogen-bond donors (Lipinski definition) is 1. The molecule has 1 unspecified atom stereocenters. The summed E-state index contributed by atoms with van der Waals surface area (Å²) in [6.45, 7) is 1.43. The first kappa shape index (κ1) is 13.4. The molecule has 2 atom stereocenters. The zero-order valence-electron chi connectivity index (χ0n) is 10.1. The lowest BCUT2D eigenvalue weighted by atomic mass is 9.95. The van der Waals surface area contributed by atoms with Crippen molar-refractivity contribution < 1.29 is 17.9 Å². The summed E-state index contributed by atoms with van der Waals surface area (Å²) in [4.78, 5) is 0. The maximum absolute atomic E-state index is 12.4. The fraction of sp³-hybridized carbons (Fsp3) is 0.538. The predicted octanol–water partition coefficient (Wildman–Crippen LogP) is 2.80. The minimum absolute atomic E-state index is 0.271. The van der Waals surface area contributed by atoms with E-state index in [0.29, 0.717) is 12.6 Å². The normalized spacial score (nSPS) is 24.4. The zero-order valence-corrected chi connectivity index (χ0v) is 10.1. The van der Waals surface area contributed by atoms with Gasteiger partial charge in [-0.3, -0.25) is 0 Å². The minimum atomic E-state index is -4.26. The van der Waals surface area contributed by atoms with Crippen LogP contribution < -0.4 is 5.32 Å². The van der Waals surface area contributed by atoms with Crippen molar-refractivity contribution in [1.82, 2.24) is 5.32 Å². The van der Waals surface area contributed by atoms with Gasteiger partial charge < -0.3 is 10.1 Å². The molecule has 1 saturated heterocycles. The smallest absolute Gasteiger partial charge is 0.383 e. The molecule has 0 radical (unpaired) electrons. The van der Waals surface area contributed by atoms with E-state index in [1.807, 2.05) is 0 Å². The molecule has 1 heterocycles. The van der Waals surface area contributed by atoms with E-state index in [0.717, 1.165) is 30.7 Å². The first-order valence-corrected chi connectivity index (χ1v) is 5.90. The van der Waals surface area contributed by atoms with Crippen LogP contribution in [0.3, 0.4) is 0 Å². The molecule has 1 N–H and O–H groups in total. The Morgan fingerprint density at radius 1 is 1.28 bits per heavy atom. The summed E-state index contributed by atoms with van der Waals surface area (Å²) in [7, 11) is 1.65. The standard InChI is InChI=1S/C13H16F3NO/c1-18-8-12-6-10(7-17-12)9-2-4-11(5-3-9)13(14,15)16/h2-5,10,12,17H,6-8H2,1H3/t10?,12-/m1/s1. The fourth-order valence-electron chi connectivity index (χ4n) is 2.35. The van der Waals surface area contributed by atoms with E-state index in [4.69, 9.17) is 4.74 Å². The Morgan fingerprint density at radius 3 is 2.50 bits per heavy atom. The predicted molar refractivity (Wildman–Crippen MR) is 62.5 cm³/mol. The third-order valence-electron chi connectivity index (χ3n) is 3.30. The van der Waals surface area contributed by atoms with Crippen molar-refractivity contribution in [2.45, 2.75) is 24.6 Å². The number of rotatable bonds is 3. The van der Waals surface area contributed by atoms with Crippen molar-refractivity contribution >= 4 is 0 Å². The van der Waals surface area contributed by atoms with Gasteiger partial charge in [-0.05, 0) is 30.0 Å². The number of nitrogens with one attached hydrogen (secondary N) is 1. The van der Waals surface area contributed by atoms with Gasteiger partial charge in [-0.15, -0.1) is 0 Å².